The predicted octanol–water partition coefficient (Wildman–Crippen LogP) is 4.60. The molecule has 0 spiro atoms. The van der Waals surface area contributed by atoms with E-state index in [2.05, 4.69) is 5.32 Å². The number of hydrogen-bond acceptors (Lipinski definition) is 4. The third kappa shape index (κ3) is 4.69. The number of halogens is 2. The standard InChI is InChI=1S/C24H22F2N2O4/c1-28(2)24(30)18-12-21(31-3)22(32-4)13-20(18)27-23(29)17-10-7-15(11-19(17)26)14-5-8-16(25)9-6-14/h5-13H,1-4H3,(H,27,29). The molecule has 32 heavy (non-hydrogen) atoms. The summed E-state index contributed by atoms with van der Waals surface area (Å²) in [7, 11) is 5.99. The number of ether oxygens (including phenoxy) is 2. The maximum atomic E-state index is 14.8. The minimum absolute atomic E-state index is 0.147. The Balaban J connectivity index is 1.95. The van der Waals surface area contributed by atoms with Crippen molar-refractivity contribution < 1.29 is 27.8 Å². The van der Waals surface area contributed by atoms with Crippen molar-refractivity contribution in [3.05, 3.63) is 77.4 Å². The van der Waals surface area contributed by atoms with E-state index < -0.39 is 17.5 Å². The molecule has 8 heteroatoms. The summed E-state index contributed by atoms with van der Waals surface area (Å²) < 4.78 is 38.4. The van der Waals surface area contributed by atoms with Gasteiger partial charge in [-0.1, -0.05) is 18.2 Å². The number of benzene rings is 3. The highest BCUT2D eigenvalue weighted by molar-refractivity contribution is 6.09. The summed E-state index contributed by atoms with van der Waals surface area (Å²) in [4.78, 5) is 26.8. The molecule has 2 amide bonds. The summed E-state index contributed by atoms with van der Waals surface area (Å²) in [6, 6.07) is 12.6. The molecule has 0 atom stereocenters. The third-order valence-corrected chi connectivity index (χ3v) is 4.80. The van der Waals surface area contributed by atoms with Crippen LogP contribution >= 0.6 is 0 Å². The van der Waals surface area contributed by atoms with Crippen LogP contribution in [0.15, 0.2) is 54.6 Å². The maximum Gasteiger partial charge on any atom is 0.258 e. The fourth-order valence-electron chi connectivity index (χ4n) is 3.11. The van der Waals surface area contributed by atoms with Gasteiger partial charge in [-0.05, 0) is 41.5 Å². The van der Waals surface area contributed by atoms with E-state index in [1.807, 2.05) is 0 Å². The first-order chi connectivity index (χ1) is 15.2. The number of carbonyl (C=O) groups excluding carboxylic acids is 2. The van der Waals surface area contributed by atoms with Crippen molar-refractivity contribution in [2.24, 2.45) is 0 Å². The van der Waals surface area contributed by atoms with Gasteiger partial charge in [0.05, 0.1) is 31.0 Å². The first kappa shape index (κ1) is 22.7. The predicted molar refractivity (Wildman–Crippen MR) is 117 cm³/mol. The number of hydrogen-bond donors (Lipinski definition) is 1. The molecule has 0 fully saturated rings. The van der Waals surface area contributed by atoms with E-state index in [0.29, 0.717) is 22.6 Å². The highest BCUT2D eigenvalue weighted by Gasteiger charge is 2.21. The molecule has 3 aromatic carbocycles. The Morgan fingerprint density at radius 3 is 1.97 bits per heavy atom. The van der Waals surface area contributed by atoms with Crippen LogP contribution in [0.25, 0.3) is 11.1 Å². The van der Waals surface area contributed by atoms with E-state index in [0.717, 1.165) is 0 Å². The quantitative estimate of drug-likeness (QED) is 0.608. The summed E-state index contributed by atoms with van der Waals surface area (Å²) in [5.41, 5.74) is 1.19. The number of anilines is 1. The highest BCUT2D eigenvalue weighted by atomic mass is 19.1. The molecule has 0 aliphatic carbocycles. The molecule has 0 saturated heterocycles. The minimum atomic E-state index is -0.759. The third-order valence-electron chi connectivity index (χ3n) is 4.80. The molecule has 0 bridgehead atoms. The molecule has 6 nitrogen and oxygen atoms in total. The largest absolute Gasteiger partial charge is 0.493 e. The Kier molecular flexibility index (Phi) is 6.73. The zero-order chi connectivity index (χ0) is 23.4. The van der Waals surface area contributed by atoms with Crippen LogP contribution in [0.1, 0.15) is 20.7 Å². The van der Waals surface area contributed by atoms with Crippen molar-refractivity contribution in [1.29, 1.82) is 0 Å². The average molecular weight is 440 g/mol. The lowest BCUT2D eigenvalue weighted by Gasteiger charge is -2.18. The van der Waals surface area contributed by atoms with Crippen LogP contribution in [0, 0.1) is 11.6 Å². The lowest BCUT2D eigenvalue weighted by atomic mass is 10.0. The summed E-state index contributed by atoms with van der Waals surface area (Å²) in [5.74, 6) is -1.68. The van der Waals surface area contributed by atoms with E-state index in [-0.39, 0.29) is 22.7 Å². The first-order valence-electron chi connectivity index (χ1n) is 9.59. The van der Waals surface area contributed by atoms with Crippen LogP contribution in [-0.2, 0) is 0 Å². The maximum absolute atomic E-state index is 14.8. The molecular weight excluding hydrogens is 418 g/mol. The number of amides is 2. The van der Waals surface area contributed by atoms with Gasteiger partial charge in [0, 0.05) is 20.2 Å². The second-order valence-corrected chi connectivity index (χ2v) is 7.11. The fourth-order valence-corrected chi connectivity index (χ4v) is 3.11. The van der Waals surface area contributed by atoms with Gasteiger partial charge in [-0.2, -0.15) is 0 Å². The van der Waals surface area contributed by atoms with Crippen LogP contribution in [0.5, 0.6) is 11.5 Å². The normalized spacial score (nSPS) is 10.4. The molecule has 0 radical (unpaired) electrons. The highest BCUT2D eigenvalue weighted by Crippen LogP contribution is 2.34. The Labute approximate surface area is 184 Å². The van der Waals surface area contributed by atoms with E-state index >= 15 is 0 Å². The monoisotopic (exact) mass is 440 g/mol. The summed E-state index contributed by atoms with van der Waals surface area (Å²) in [6.07, 6.45) is 0. The molecule has 0 aliphatic heterocycles. The lowest BCUT2D eigenvalue weighted by Crippen LogP contribution is -2.24. The lowest BCUT2D eigenvalue weighted by molar-refractivity contribution is 0.0828. The van der Waals surface area contributed by atoms with Crippen molar-refractivity contribution in [2.75, 3.05) is 33.6 Å². The van der Waals surface area contributed by atoms with E-state index in [4.69, 9.17) is 9.47 Å². The number of carbonyl (C=O) groups is 2. The molecule has 0 unspecified atom stereocenters. The van der Waals surface area contributed by atoms with Gasteiger partial charge in [0.25, 0.3) is 11.8 Å². The Hall–Kier alpha value is -3.94. The smallest absolute Gasteiger partial charge is 0.258 e. The zero-order valence-electron chi connectivity index (χ0n) is 18.0. The second-order valence-electron chi connectivity index (χ2n) is 7.11. The topological polar surface area (TPSA) is 67.9 Å². The number of rotatable bonds is 6. The van der Waals surface area contributed by atoms with Crippen LogP contribution in [0.2, 0.25) is 0 Å². The molecule has 0 aromatic heterocycles. The van der Waals surface area contributed by atoms with Crippen LogP contribution in [0.4, 0.5) is 14.5 Å². The number of nitrogens with zero attached hydrogens (tertiary/aromatic N) is 1. The van der Waals surface area contributed by atoms with Gasteiger partial charge in [0.1, 0.15) is 11.6 Å². The first-order valence-corrected chi connectivity index (χ1v) is 9.59. The van der Waals surface area contributed by atoms with E-state index in [9.17, 15) is 18.4 Å². The Bertz CT molecular complexity index is 1160. The van der Waals surface area contributed by atoms with Gasteiger partial charge in [-0.3, -0.25) is 9.59 Å². The van der Waals surface area contributed by atoms with Gasteiger partial charge < -0.3 is 19.7 Å². The van der Waals surface area contributed by atoms with Crippen molar-refractivity contribution in [3.63, 3.8) is 0 Å². The molecule has 3 aromatic rings. The summed E-state index contributed by atoms with van der Waals surface area (Å²) in [5, 5.41) is 2.58. The molecule has 0 aliphatic rings. The van der Waals surface area contributed by atoms with Crippen molar-refractivity contribution in [1.82, 2.24) is 4.90 Å². The summed E-state index contributed by atoms with van der Waals surface area (Å²) in [6.45, 7) is 0. The average Bonchev–Trinajstić information content (AvgIpc) is 2.78. The van der Waals surface area contributed by atoms with Crippen LogP contribution < -0.4 is 14.8 Å². The molecule has 0 saturated carbocycles. The Morgan fingerprint density at radius 1 is 0.812 bits per heavy atom. The number of methoxy groups -OCH3 is 2. The van der Waals surface area contributed by atoms with Gasteiger partial charge in [-0.15, -0.1) is 0 Å². The summed E-state index contributed by atoms with van der Waals surface area (Å²) >= 11 is 0. The van der Waals surface area contributed by atoms with E-state index in [1.54, 1.807) is 20.2 Å². The van der Waals surface area contributed by atoms with Crippen LogP contribution in [0.3, 0.4) is 0 Å². The van der Waals surface area contributed by atoms with Crippen LogP contribution in [-0.4, -0.2) is 45.0 Å². The van der Waals surface area contributed by atoms with Crippen molar-refractivity contribution in [3.8, 4) is 22.6 Å². The van der Waals surface area contributed by atoms with Crippen molar-refractivity contribution >= 4 is 17.5 Å². The Morgan fingerprint density at radius 2 is 1.41 bits per heavy atom. The molecule has 1 N–H and O–H groups in total. The number of nitrogens with one attached hydrogen (secondary N) is 1. The minimum Gasteiger partial charge on any atom is -0.493 e. The van der Waals surface area contributed by atoms with Gasteiger partial charge in [0.15, 0.2) is 11.5 Å². The second kappa shape index (κ2) is 9.47. The van der Waals surface area contributed by atoms with Crippen molar-refractivity contribution in [2.45, 2.75) is 0 Å². The molecule has 166 valence electrons. The molecule has 0 heterocycles. The fraction of sp³-hybridized carbons (Fsp3) is 0.167. The SMILES string of the molecule is COc1cc(NC(=O)c2ccc(-c3ccc(F)cc3)cc2F)c(C(=O)N(C)C)cc1OC. The zero-order valence-corrected chi connectivity index (χ0v) is 18.0. The molecular formula is C24H22F2N2O4. The van der Waals surface area contributed by atoms with Gasteiger partial charge in [-0.25, -0.2) is 8.78 Å². The van der Waals surface area contributed by atoms with E-state index in [1.165, 1.54) is 67.7 Å². The van der Waals surface area contributed by atoms with Gasteiger partial charge >= 0.3 is 0 Å². The van der Waals surface area contributed by atoms with Gasteiger partial charge in [0.2, 0.25) is 0 Å². The molecule has 3 rings (SSSR count).